The van der Waals surface area contributed by atoms with Gasteiger partial charge in [0.15, 0.2) is 12.6 Å². The summed E-state index contributed by atoms with van der Waals surface area (Å²) in [5.41, 5.74) is 1.20. The van der Waals surface area contributed by atoms with Gasteiger partial charge in [-0.2, -0.15) is 4.99 Å². The van der Waals surface area contributed by atoms with Gasteiger partial charge in [0.1, 0.15) is 17.9 Å². The molecule has 2 aliphatic rings. The molecule has 30 heavy (non-hydrogen) atoms. The predicted molar refractivity (Wildman–Crippen MR) is 112 cm³/mol. The van der Waals surface area contributed by atoms with Crippen LogP contribution in [0.1, 0.15) is 39.2 Å². The van der Waals surface area contributed by atoms with Gasteiger partial charge >= 0.3 is 6.09 Å². The van der Waals surface area contributed by atoms with E-state index >= 15 is 0 Å². The second-order valence-electron chi connectivity index (χ2n) is 8.35. The lowest BCUT2D eigenvalue weighted by Gasteiger charge is -2.33. The van der Waals surface area contributed by atoms with Crippen molar-refractivity contribution in [3.63, 3.8) is 0 Å². The normalized spacial score (nSPS) is 18.0. The maximum atomic E-state index is 12.2. The summed E-state index contributed by atoms with van der Waals surface area (Å²) in [5, 5.41) is 0. The summed E-state index contributed by atoms with van der Waals surface area (Å²) in [7, 11) is 0. The lowest BCUT2D eigenvalue weighted by Crippen LogP contribution is -2.43. The van der Waals surface area contributed by atoms with Crippen LogP contribution in [0.5, 0.6) is 0 Å². The Morgan fingerprint density at radius 3 is 2.83 bits per heavy atom. The van der Waals surface area contributed by atoms with Crippen LogP contribution in [0, 0.1) is 0 Å². The molecule has 0 saturated carbocycles. The van der Waals surface area contributed by atoms with Crippen LogP contribution in [0.15, 0.2) is 40.7 Å². The third-order valence-electron chi connectivity index (χ3n) is 4.87. The monoisotopic (exact) mass is 413 g/mol. The van der Waals surface area contributed by atoms with Gasteiger partial charge in [0.25, 0.3) is 0 Å². The van der Waals surface area contributed by atoms with Crippen LogP contribution in [0.25, 0.3) is 5.65 Å². The molecule has 1 amide bonds. The van der Waals surface area contributed by atoms with Gasteiger partial charge in [-0.05, 0) is 45.7 Å². The topological polar surface area (TPSA) is 90.0 Å². The number of amidine groups is 1. The first-order chi connectivity index (χ1) is 14.4. The average molecular weight is 413 g/mol. The number of aromatic nitrogens is 2. The summed E-state index contributed by atoms with van der Waals surface area (Å²) in [6, 6.07) is 3.86. The standard InChI is InChI=1S/C21H27N5O4/c1-21(2,3)30-20(27)26-9-5-16(6-10-26)28-13-17-23-14-29-19(24-17)15-4-8-25-11-7-22-18(25)12-15/h4,7-8,11-12,16H,5-6,9-10,13-14H2,1-3H3. The Labute approximate surface area is 175 Å². The van der Waals surface area contributed by atoms with E-state index < -0.39 is 5.60 Å². The van der Waals surface area contributed by atoms with Crippen LogP contribution < -0.4 is 0 Å². The van der Waals surface area contributed by atoms with Gasteiger partial charge in [-0.25, -0.2) is 14.8 Å². The average Bonchev–Trinajstić information content (AvgIpc) is 3.19. The third-order valence-corrected chi connectivity index (χ3v) is 4.87. The number of rotatable bonds is 4. The van der Waals surface area contributed by atoms with Crippen LogP contribution in [-0.2, 0) is 14.2 Å². The molecule has 0 spiro atoms. The Morgan fingerprint density at radius 2 is 2.07 bits per heavy atom. The number of piperidine rings is 1. The van der Waals surface area contributed by atoms with E-state index in [1.807, 2.05) is 49.7 Å². The summed E-state index contributed by atoms with van der Waals surface area (Å²) in [6.45, 7) is 7.39. The number of carbonyl (C=O) groups excluding carboxylic acids is 1. The first kappa shape index (κ1) is 20.3. The molecule has 0 aliphatic carbocycles. The zero-order valence-electron chi connectivity index (χ0n) is 17.6. The van der Waals surface area contributed by atoms with Crippen LogP contribution in [-0.4, -0.2) is 70.2 Å². The molecule has 0 atom stereocenters. The minimum absolute atomic E-state index is 0.0640. The number of nitrogens with zero attached hydrogens (tertiary/aromatic N) is 5. The number of amides is 1. The second kappa shape index (κ2) is 8.43. The molecule has 2 aliphatic heterocycles. The Hall–Kier alpha value is -2.94. The highest BCUT2D eigenvalue weighted by molar-refractivity contribution is 6.04. The van der Waals surface area contributed by atoms with Crippen LogP contribution >= 0.6 is 0 Å². The van der Waals surface area contributed by atoms with Crippen molar-refractivity contribution >= 4 is 23.5 Å². The Bertz CT molecular complexity index is 967. The van der Waals surface area contributed by atoms with E-state index in [0.717, 1.165) is 24.1 Å². The third kappa shape index (κ3) is 4.96. The van der Waals surface area contributed by atoms with Crippen molar-refractivity contribution in [2.75, 3.05) is 26.4 Å². The summed E-state index contributed by atoms with van der Waals surface area (Å²) in [6.07, 6.45) is 6.87. The van der Waals surface area contributed by atoms with Crippen molar-refractivity contribution in [1.82, 2.24) is 14.3 Å². The van der Waals surface area contributed by atoms with E-state index in [1.54, 1.807) is 11.1 Å². The molecule has 4 rings (SSSR count). The maximum Gasteiger partial charge on any atom is 0.410 e. The number of likely N-dealkylation sites (tertiary alicyclic amines) is 1. The molecule has 4 heterocycles. The van der Waals surface area contributed by atoms with Crippen LogP contribution in [0.3, 0.4) is 0 Å². The first-order valence-corrected chi connectivity index (χ1v) is 10.1. The number of imidazole rings is 1. The summed E-state index contributed by atoms with van der Waals surface area (Å²) in [4.78, 5) is 27.0. The van der Waals surface area contributed by atoms with E-state index in [4.69, 9.17) is 14.2 Å². The highest BCUT2D eigenvalue weighted by Crippen LogP contribution is 2.18. The van der Waals surface area contributed by atoms with Crippen molar-refractivity contribution in [3.05, 3.63) is 36.3 Å². The summed E-state index contributed by atoms with van der Waals surface area (Å²) >= 11 is 0. The molecular weight excluding hydrogens is 386 g/mol. The van der Waals surface area contributed by atoms with Gasteiger partial charge < -0.3 is 23.5 Å². The fourth-order valence-corrected chi connectivity index (χ4v) is 3.35. The Kier molecular flexibility index (Phi) is 5.72. The van der Waals surface area contributed by atoms with Crippen molar-refractivity contribution in [2.24, 2.45) is 9.98 Å². The molecule has 2 aromatic rings. The van der Waals surface area contributed by atoms with Crippen molar-refractivity contribution in [1.29, 1.82) is 0 Å². The van der Waals surface area contributed by atoms with Gasteiger partial charge in [-0.1, -0.05) is 0 Å². The smallest absolute Gasteiger partial charge is 0.410 e. The lowest BCUT2D eigenvalue weighted by atomic mass is 10.1. The number of fused-ring (bicyclic) bond motifs is 1. The second-order valence-corrected chi connectivity index (χ2v) is 8.35. The zero-order valence-corrected chi connectivity index (χ0v) is 17.6. The fraction of sp³-hybridized carbons (Fsp3) is 0.524. The minimum atomic E-state index is -0.483. The molecular formula is C21H27N5O4. The fourth-order valence-electron chi connectivity index (χ4n) is 3.35. The minimum Gasteiger partial charge on any atom is -0.454 e. The molecule has 0 radical (unpaired) electrons. The van der Waals surface area contributed by atoms with Crippen LogP contribution in [0.4, 0.5) is 4.79 Å². The molecule has 0 bridgehead atoms. The van der Waals surface area contributed by atoms with Gasteiger partial charge in [0.2, 0.25) is 5.90 Å². The molecule has 0 unspecified atom stereocenters. The van der Waals surface area contributed by atoms with E-state index in [-0.39, 0.29) is 18.9 Å². The molecule has 0 aromatic carbocycles. The summed E-state index contributed by atoms with van der Waals surface area (Å²) < 4.78 is 19.0. The van der Waals surface area contributed by atoms with E-state index in [9.17, 15) is 4.79 Å². The molecule has 160 valence electrons. The highest BCUT2D eigenvalue weighted by Gasteiger charge is 2.27. The Morgan fingerprint density at radius 1 is 1.27 bits per heavy atom. The number of carbonyl (C=O) groups is 1. The Balaban J connectivity index is 1.29. The lowest BCUT2D eigenvalue weighted by molar-refractivity contribution is -0.00305. The first-order valence-electron chi connectivity index (χ1n) is 10.1. The van der Waals surface area contributed by atoms with E-state index in [0.29, 0.717) is 31.4 Å². The molecule has 0 N–H and O–H groups in total. The summed E-state index contributed by atoms with van der Waals surface area (Å²) in [5.74, 6) is 1.13. The molecule has 1 saturated heterocycles. The number of pyridine rings is 1. The molecule has 9 heteroatoms. The number of hydrogen-bond donors (Lipinski definition) is 0. The van der Waals surface area contributed by atoms with Gasteiger partial charge in [-0.3, -0.25) is 0 Å². The SMILES string of the molecule is CC(C)(C)OC(=O)N1CCC(OCC2=NCOC(c3ccn4ccnc4c3)=N2)CC1. The molecule has 9 nitrogen and oxygen atoms in total. The zero-order chi connectivity index (χ0) is 21.1. The molecule has 1 fully saturated rings. The van der Waals surface area contributed by atoms with Crippen molar-refractivity contribution in [2.45, 2.75) is 45.3 Å². The van der Waals surface area contributed by atoms with Crippen LogP contribution in [0.2, 0.25) is 0 Å². The predicted octanol–water partition coefficient (Wildman–Crippen LogP) is 2.88. The van der Waals surface area contributed by atoms with Gasteiger partial charge in [-0.15, -0.1) is 0 Å². The van der Waals surface area contributed by atoms with E-state index in [2.05, 4.69) is 15.0 Å². The van der Waals surface area contributed by atoms with E-state index in [1.165, 1.54) is 0 Å². The maximum absolute atomic E-state index is 12.2. The van der Waals surface area contributed by atoms with Gasteiger partial charge in [0.05, 0.1) is 6.10 Å². The van der Waals surface area contributed by atoms with Crippen molar-refractivity contribution in [3.8, 4) is 0 Å². The number of aliphatic imine (C=N–C) groups is 2. The number of hydrogen-bond acceptors (Lipinski definition) is 7. The molecule has 2 aromatic heterocycles. The highest BCUT2D eigenvalue weighted by atomic mass is 16.6. The quantitative estimate of drug-likeness (QED) is 0.769. The van der Waals surface area contributed by atoms with Crippen molar-refractivity contribution < 1.29 is 19.0 Å². The largest absolute Gasteiger partial charge is 0.454 e. The number of ether oxygens (including phenoxy) is 3. The van der Waals surface area contributed by atoms with Gasteiger partial charge in [0, 0.05) is 37.2 Å².